The number of hydrogen-bond donors (Lipinski definition) is 3. The molecule has 0 spiro atoms. The predicted octanol–water partition coefficient (Wildman–Crippen LogP) is 1.49. The Labute approximate surface area is 120 Å². The Kier molecular flexibility index (Phi) is 6.08. The molecule has 0 heterocycles. The van der Waals surface area contributed by atoms with Gasteiger partial charge in [-0.15, -0.1) is 0 Å². The van der Waals surface area contributed by atoms with Crippen molar-refractivity contribution in [2.24, 2.45) is 0 Å². The summed E-state index contributed by atoms with van der Waals surface area (Å²) in [5.41, 5.74) is 0.553. The smallest absolute Gasteiger partial charge is 0.326 e. The summed E-state index contributed by atoms with van der Waals surface area (Å²) in [6.07, 6.45) is -0.0966. The number of aliphatic hydroxyl groups excluding tert-OH is 1. The van der Waals surface area contributed by atoms with Crippen LogP contribution in [0.3, 0.4) is 0 Å². The van der Waals surface area contributed by atoms with Crippen molar-refractivity contribution in [1.29, 1.82) is 0 Å². The fourth-order valence-electron chi connectivity index (χ4n) is 1.47. The Morgan fingerprint density at radius 3 is 2.53 bits per heavy atom. The van der Waals surface area contributed by atoms with Gasteiger partial charge in [0, 0.05) is 23.1 Å². The van der Waals surface area contributed by atoms with Crippen LogP contribution in [0.2, 0.25) is 10.0 Å². The number of aliphatic carboxylic acids is 1. The molecule has 5 nitrogen and oxygen atoms in total. The van der Waals surface area contributed by atoms with Crippen LogP contribution in [0.5, 0.6) is 0 Å². The molecule has 1 aromatic rings. The molecular weight excluding hydrogens is 293 g/mol. The van der Waals surface area contributed by atoms with Crippen LogP contribution in [-0.4, -0.2) is 34.7 Å². The van der Waals surface area contributed by atoms with Crippen molar-refractivity contribution in [3.05, 3.63) is 33.8 Å². The highest BCUT2D eigenvalue weighted by Crippen LogP contribution is 2.21. The van der Waals surface area contributed by atoms with Gasteiger partial charge in [0.1, 0.15) is 6.04 Å². The highest BCUT2D eigenvalue weighted by atomic mass is 35.5. The summed E-state index contributed by atoms with van der Waals surface area (Å²) < 4.78 is 0. The number of aliphatic hydroxyl groups is 1. The minimum Gasteiger partial charge on any atom is -0.480 e. The average molecular weight is 306 g/mol. The summed E-state index contributed by atoms with van der Waals surface area (Å²) in [7, 11) is 0. The van der Waals surface area contributed by atoms with Crippen molar-refractivity contribution in [2.45, 2.75) is 18.9 Å². The van der Waals surface area contributed by atoms with Crippen LogP contribution in [0.15, 0.2) is 18.2 Å². The maximum Gasteiger partial charge on any atom is 0.326 e. The van der Waals surface area contributed by atoms with E-state index in [0.717, 1.165) is 0 Å². The van der Waals surface area contributed by atoms with Gasteiger partial charge in [0.2, 0.25) is 5.91 Å². The molecule has 1 atom stereocenters. The molecule has 1 amide bonds. The molecule has 0 bridgehead atoms. The first kappa shape index (κ1) is 15.8. The molecule has 0 saturated heterocycles. The lowest BCUT2D eigenvalue weighted by atomic mass is 10.1. The van der Waals surface area contributed by atoms with E-state index in [2.05, 4.69) is 5.32 Å². The van der Waals surface area contributed by atoms with Crippen molar-refractivity contribution >= 4 is 35.1 Å². The summed E-state index contributed by atoms with van der Waals surface area (Å²) in [5.74, 6) is -1.67. The molecule has 0 radical (unpaired) electrons. The molecule has 0 fully saturated rings. The molecule has 0 aliphatic heterocycles. The molecule has 3 N–H and O–H groups in total. The number of carbonyl (C=O) groups is 2. The predicted molar refractivity (Wildman–Crippen MR) is 71.4 cm³/mol. The lowest BCUT2D eigenvalue weighted by molar-refractivity contribution is -0.142. The second kappa shape index (κ2) is 7.33. The van der Waals surface area contributed by atoms with E-state index in [1.54, 1.807) is 12.1 Å². The lowest BCUT2D eigenvalue weighted by Crippen LogP contribution is -2.42. The highest BCUT2D eigenvalue weighted by Gasteiger charge is 2.19. The Hall–Kier alpha value is -1.30. The molecule has 0 saturated carbocycles. The second-order valence-electron chi connectivity index (χ2n) is 3.88. The SMILES string of the molecule is O=C(Cc1ccc(Cl)cc1Cl)NC(CCO)C(=O)O. The van der Waals surface area contributed by atoms with E-state index < -0.39 is 17.9 Å². The van der Waals surface area contributed by atoms with Crippen molar-refractivity contribution in [2.75, 3.05) is 6.61 Å². The first-order chi connectivity index (χ1) is 8.93. The summed E-state index contributed by atoms with van der Waals surface area (Å²) in [6, 6.07) is 3.60. The van der Waals surface area contributed by atoms with Crippen LogP contribution in [0, 0.1) is 0 Å². The van der Waals surface area contributed by atoms with Gasteiger partial charge in [0.15, 0.2) is 0 Å². The molecule has 104 valence electrons. The minimum absolute atomic E-state index is 0.0462. The Morgan fingerprint density at radius 1 is 1.32 bits per heavy atom. The number of amides is 1. The van der Waals surface area contributed by atoms with Gasteiger partial charge < -0.3 is 15.5 Å². The monoisotopic (exact) mass is 305 g/mol. The summed E-state index contributed by atoms with van der Waals surface area (Å²) in [5, 5.41) is 20.7. The number of carboxylic acid groups (broad SMARTS) is 1. The quantitative estimate of drug-likeness (QED) is 0.743. The van der Waals surface area contributed by atoms with Crippen molar-refractivity contribution in [1.82, 2.24) is 5.32 Å². The van der Waals surface area contributed by atoms with Crippen LogP contribution in [0.4, 0.5) is 0 Å². The van der Waals surface area contributed by atoms with Crippen LogP contribution in [-0.2, 0) is 16.0 Å². The molecule has 1 aromatic carbocycles. The topological polar surface area (TPSA) is 86.6 Å². The third-order valence-electron chi connectivity index (χ3n) is 2.42. The van der Waals surface area contributed by atoms with Gasteiger partial charge >= 0.3 is 5.97 Å². The van der Waals surface area contributed by atoms with E-state index in [1.807, 2.05) is 0 Å². The summed E-state index contributed by atoms with van der Waals surface area (Å²) >= 11 is 11.6. The van der Waals surface area contributed by atoms with E-state index >= 15 is 0 Å². The number of hydrogen-bond acceptors (Lipinski definition) is 3. The minimum atomic E-state index is -1.19. The third-order valence-corrected chi connectivity index (χ3v) is 3.00. The second-order valence-corrected chi connectivity index (χ2v) is 4.73. The normalized spacial score (nSPS) is 11.9. The van der Waals surface area contributed by atoms with E-state index in [0.29, 0.717) is 15.6 Å². The standard InChI is InChI=1S/C12H13Cl2NO4/c13-8-2-1-7(9(14)6-8)5-11(17)15-10(3-4-16)12(18)19/h1-2,6,10,16H,3-5H2,(H,15,17)(H,18,19). The summed E-state index contributed by atoms with van der Waals surface area (Å²) in [4.78, 5) is 22.5. The number of carbonyl (C=O) groups excluding carboxylic acids is 1. The number of halogens is 2. The molecule has 7 heteroatoms. The van der Waals surface area contributed by atoms with Crippen molar-refractivity contribution in [3.63, 3.8) is 0 Å². The van der Waals surface area contributed by atoms with E-state index in [4.69, 9.17) is 33.4 Å². The van der Waals surface area contributed by atoms with Crippen molar-refractivity contribution in [3.8, 4) is 0 Å². The fourth-order valence-corrected chi connectivity index (χ4v) is 1.95. The Morgan fingerprint density at radius 2 is 2.00 bits per heavy atom. The van der Waals surface area contributed by atoms with E-state index in [9.17, 15) is 9.59 Å². The molecule has 0 aromatic heterocycles. The van der Waals surface area contributed by atoms with Gasteiger partial charge in [-0.25, -0.2) is 4.79 Å². The van der Waals surface area contributed by atoms with Crippen molar-refractivity contribution < 1.29 is 19.8 Å². The van der Waals surface area contributed by atoms with E-state index in [-0.39, 0.29) is 19.4 Å². The number of nitrogens with one attached hydrogen (secondary N) is 1. The Bertz CT molecular complexity index is 479. The zero-order valence-electron chi connectivity index (χ0n) is 9.90. The van der Waals surface area contributed by atoms with Gasteiger partial charge in [-0.05, 0) is 17.7 Å². The first-order valence-corrected chi connectivity index (χ1v) is 6.26. The third kappa shape index (κ3) is 5.06. The van der Waals surface area contributed by atoms with Crippen LogP contribution < -0.4 is 5.32 Å². The maximum absolute atomic E-state index is 11.7. The van der Waals surface area contributed by atoms with Gasteiger partial charge in [-0.3, -0.25) is 4.79 Å². The average Bonchev–Trinajstić information content (AvgIpc) is 2.32. The maximum atomic E-state index is 11.7. The lowest BCUT2D eigenvalue weighted by Gasteiger charge is -2.13. The first-order valence-electron chi connectivity index (χ1n) is 5.51. The molecule has 1 unspecified atom stereocenters. The largest absolute Gasteiger partial charge is 0.480 e. The van der Waals surface area contributed by atoms with E-state index in [1.165, 1.54) is 6.07 Å². The molecule has 0 aliphatic carbocycles. The number of carboxylic acids is 1. The Balaban J connectivity index is 2.66. The molecule has 19 heavy (non-hydrogen) atoms. The zero-order valence-corrected chi connectivity index (χ0v) is 11.4. The number of benzene rings is 1. The van der Waals surface area contributed by atoms with Gasteiger partial charge in [-0.2, -0.15) is 0 Å². The molecule has 1 rings (SSSR count). The number of rotatable bonds is 6. The van der Waals surface area contributed by atoms with Crippen LogP contribution in [0.1, 0.15) is 12.0 Å². The summed E-state index contributed by atoms with van der Waals surface area (Å²) in [6.45, 7) is -0.320. The molecular formula is C12H13Cl2NO4. The highest BCUT2D eigenvalue weighted by molar-refractivity contribution is 6.35. The van der Waals surface area contributed by atoms with Gasteiger partial charge in [-0.1, -0.05) is 29.3 Å². The molecule has 0 aliphatic rings. The van der Waals surface area contributed by atoms with Crippen LogP contribution in [0.25, 0.3) is 0 Å². The fraction of sp³-hybridized carbons (Fsp3) is 0.333. The van der Waals surface area contributed by atoms with Gasteiger partial charge in [0.25, 0.3) is 0 Å². The van der Waals surface area contributed by atoms with Crippen LogP contribution >= 0.6 is 23.2 Å². The zero-order chi connectivity index (χ0) is 14.4. The van der Waals surface area contributed by atoms with Gasteiger partial charge in [0.05, 0.1) is 6.42 Å².